The van der Waals surface area contributed by atoms with Gasteiger partial charge in [0.25, 0.3) is 5.56 Å². The molecule has 0 fully saturated rings. The molecule has 0 radical (unpaired) electrons. The van der Waals surface area contributed by atoms with Crippen LogP contribution in [0.1, 0.15) is 12.5 Å². The van der Waals surface area contributed by atoms with Crippen LogP contribution in [0.3, 0.4) is 0 Å². The maximum Gasteiger partial charge on any atom is 0.278 e. The van der Waals surface area contributed by atoms with Gasteiger partial charge in [-0.15, -0.1) is 11.8 Å². The first-order valence-corrected chi connectivity index (χ1v) is 12.8. The Balaban J connectivity index is 1.71. The van der Waals surface area contributed by atoms with Gasteiger partial charge in [-0.25, -0.2) is 9.97 Å². The van der Waals surface area contributed by atoms with Crippen molar-refractivity contribution in [1.29, 1.82) is 0 Å². The van der Waals surface area contributed by atoms with Crippen LogP contribution < -0.4 is 16.2 Å². The Kier molecular flexibility index (Phi) is 7.95. The molecule has 7 nitrogen and oxygen atoms in total. The average Bonchev–Trinajstić information content (AvgIpc) is 2.85. The molecule has 0 saturated heterocycles. The van der Waals surface area contributed by atoms with Gasteiger partial charge in [-0.3, -0.25) is 14.2 Å². The number of nitrogens with one attached hydrogen (secondary N) is 2. The van der Waals surface area contributed by atoms with Gasteiger partial charge in [0.05, 0.1) is 10.0 Å². The minimum Gasteiger partial charge on any atom is -0.366 e. The van der Waals surface area contributed by atoms with E-state index in [1.807, 2.05) is 48.7 Å². The number of thioether (sulfide) groups is 1. The van der Waals surface area contributed by atoms with Crippen LogP contribution in [-0.4, -0.2) is 33.2 Å². The summed E-state index contributed by atoms with van der Waals surface area (Å²) in [5.74, 6) is 0.413. The summed E-state index contributed by atoms with van der Waals surface area (Å²) in [5, 5.41) is 6.97. The van der Waals surface area contributed by atoms with E-state index >= 15 is 0 Å². The van der Waals surface area contributed by atoms with Gasteiger partial charge in [0.1, 0.15) is 17.0 Å². The first-order valence-electron chi connectivity index (χ1n) is 10.8. The summed E-state index contributed by atoms with van der Waals surface area (Å²) < 4.78 is 1.56. The number of carbonyl (C=O) groups is 1. The minimum absolute atomic E-state index is 0.166. The number of benzene rings is 2. The Morgan fingerprint density at radius 3 is 2.49 bits per heavy atom. The molecule has 2 aromatic heterocycles. The maximum atomic E-state index is 13.5. The average molecular weight is 528 g/mol. The van der Waals surface area contributed by atoms with Crippen molar-refractivity contribution in [2.45, 2.75) is 24.9 Å². The van der Waals surface area contributed by atoms with Gasteiger partial charge in [-0.2, -0.15) is 0 Å². The lowest BCUT2D eigenvalue weighted by molar-refractivity contribution is -0.118. The van der Waals surface area contributed by atoms with E-state index < -0.39 is 0 Å². The Labute approximate surface area is 216 Å². The lowest BCUT2D eigenvalue weighted by Gasteiger charge is -2.14. The highest BCUT2D eigenvalue weighted by Gasteiger charge is 2.15. The smallest absolute Gasteiger partial charge is 0.278 e. The third kappa shape index (κ3) is 5.96. The van der Waals surface area contributed by atoms with Gasteiger partial charge >= 0.3 is 0 Å². The molecule has 2 aromatic carbocycles. The molecule has 10 heteroatoms. The lowest BCUT2D eigenvalue weighted by Crippen LogP contribution is -2.31. The Hall–Kier alpha value is -3.07. The van der Waals surface area contributed by atoms with Crippen molar-refractivity contribution in [3.05, 3.63) is 80.6 Å². The number of fused-ring (bicyclic) bond motifs is 1. The molecule has 2 heterocycles. The van der Waals surface area contributed by atoms with Crippen molar-refractivity contribution >= 4 is 57.9 Å². The first-order chi connectivity index (χ1) is 16.9. The fourth-order valence-corrected chi connectivity index (χ4v) is 4.28. The Morgan fingerprint density at radius 1 is 1.03 bits per heavy atom. The van der Waals surface area contributed by atoms with Crippen LogP contribution in [0.2, 0.25) is 10.0 Å². The summed E-state index contributed by atoms with van der Waals surface area (Å²) in [4.78, 5) is 35.3. The number of hydrogen-bond donors (Lipinski definition) is 2. The van der Waals surface area contributed by atoms with Crippen molar-refractivity contribution < 1.29 is 4.79 Å². The van der Waals surface area contributed by atoms with Crippen molar-refractivity contribution in [2.24, 2.45) is 0 Å². The molecule has 0 unspecified atom stereocenters. The fourth-order valence-electron chi connectivity index (χ4n) is 3.55. The molecule has 0 aliphatic carbocycles. The summed E-state index contributed by atoms with van der Waals surface area (Å²) in [7, 11) is 0. The monoisotopic (exact) mass is 527 g/mol. The number of anilines is 1. The topological polar surface area (TPSA) is 88.9 Å². The number of pyridine rings is 1. The van der Waals surface area contributed by atoms with Crippen LogP contribution in [-0.2, 0) is 17.9 Å². The molecule has 0 bridgehead atoms. The van der Waals surface area contributed by atoms with Gasteiger partial charge < -0.3 is 10.6 Å². The van der Waals surface area contributed by atoms with Crippen LogP contribution in [0.25, 0.3) is 22.4 Å². The first kappa shape index (κ1) is 25.0. The second-order valence-corrected chi connectivity index (χ2v) is 9.46. The summed E-state index contributed by atoms with van der Waals surface area (Å²) in [6.07, 6.45) is 2.00. The van der Waals surface area contributed by atoms with E-state index in [0.717, 1.165) is 16.0 Å². The minimum atomic E-state index is -0.270. The van der Waals surface area contributed by atoms with E-state index in [0.29, 0.717) is 45.8 Å². The molecule has 0 aliphatic heterocycles. The molecule has 2 N–H and O–H groups in total. The van der Waals surface area contributed by atoms with Gasteiger partial charge in [0.2, 0.25) is 5.91 Å². The number of halogens is 2. The van der Waals surface area contributed by atoms with Crippen LogP contribution in [0, 0.1) is 0 Å². The molecule has 4 rings (SSSR count). The maximum absolute atomic E-state index is 13.5. The number of amides is 1. The van der Waals surface area contributed by atoms with E-state index in [2.05, 4.69) is 20.6 Å². The Morgan fingerprint density at radius 2 is 1.80 bits per heavy atom. The number of aromatic nitrogens is 3. The zero-order valence-electron chi connectivity index (χ0n) is 19.1. The van der Waals surface area contributed by atoms with E-state index in [1.165, 1.54) is 6.92 Å². The van der Waals surface area contributed by atoms with Crippen LogP contribution in [0.5, 0.6) is 0 Å². The van der Waals surface area contributed by atoms with E-state index in [4.69, 9.17) is 23.2 Å². The third-order valence-corrected chi connectivity index (χ3v) is 6.80. The number of carbonyl (C=O) groups excluding carboxylic acids is 1. The van der Waals surface area contributed by atoms with Gasteiger partial charge in [-0.05, 0) is 48.2 Å². The summed E-state index contributed by atoms with van der Waals surface area (Å²) in [6, 6.07) is 16.7. The molecule has 0 saturated carbocycles. The molecule has 0 spiro atoms. The fraction of sp³-hybridized carbons (Fsp3) is 0.200. The van der Waals surface area contributed by atoms with Crippen LogP contribution >= 0.6 is 35.0 Å². The zero-order chi connectivity index (χ0) is 24.9. The third-order valence-electron chi connectivity index (χ3n) is 5.32. The predicted octanol–water partition coefficient (Wildman–Crippen LogP) is 5.24. The second-order valence-electron chi connectivity index (χ2n) is 7.77. The van der Waals surface area contributed by atoms with Gasteiger partial charge in [0.15, 0.2) is 5.65 Å². The van der Waals surface area contributed by atoms with Crippen LogP contribution in [0.4, 0.5) is 5.82 Å². The van der Waals surface area contributed by atoms with E-state index in [1.54, 1.807) is 28.5 Å². The molecule has 0 atom stereocenters. The van der Waals surface area contributed by atoms with Gasteiger partial charge in [-0.1, -0.05) is 41.4 Å². The largest absolute Gasteiger partial charge is 0.366 e. The summed E-state index contributed by atoms with van der Waals surface area (Å²) in [5.41, 5.74) is 2.75. The number of hydrogen-bond acceptors (Lipinski definition) is 6. The van der Waals surface area contributed by atoms with E-state index in [-0.39, 0.29) is 18.0 Å². The molecular weight excluding hydrogens is 505 g/mol. The molecule has 180 valence electrons. The SMILES string of the molecule is CSc1ccc(-c2nc3ccc(NCc4ccc(Cl)c(Cl)c4)nc3n(CCNC(C)=O)c2=O)cc1. The summed E-state index contributed by atoms with van der Waals surface area (Å²) in [6.45, 7) is 2.46. The molecule has 4 aromatic rings. The van der Waals surface area contributed by atoms with Gasteiger partial charge in [0, 0.05) is 37.0 Å². The molecule has 0 aliphatic rings. The van der Waals surface area contributed by atoms with Crippen LogP contribution in [0.15, 0.2) is 64.3 Å². The van der Waals surface area contributed by atoms with Crippen molar-refractivity contribution in [3.63, 3.8) is 0 Å². The zero-order valence-corrected chi connectivity index (χ0v) is 21.5. The second kappa shape index (κ2) is 11.1. The van der Waals surface area contributed by atoms with Crippen molar-refractivity contribution in [2.75, 3.05) is 18.1 Å². The van der Waals surface area contributed by atoms with Crippen molar-refractivity contribution in [1.82, 2.24) is 19.9 Å². The quantitative estimate of drug-likeness (QED) is 0.305. The highest BCUT2D eigenvalue weighted by atomic mass is 35.5. The number of rotatable bonds is 8. The summed E-state index contributed by atoms with van der Waals surface area (Å²) >= 11 is 13.7. The highest BCUT2D eigenvalue weighted by molar-refractivity contribution is 7.98. The Bertz CT molecular complexity index is 1440. The normalized spacial score (nSPS) is 11.0. The molecular formula is C25H23Cl2N5O2S. The lowest BCUT2D eigenvalue weighted by atomic mass is 10.1. The molecule has 1 amide bonds. The molecule has 35 heavy (non-hydrogen) atoms. The highest BCUT2D eigenvalue weighted by Crippen LogP contribution is 2.24. The predicted molar refractivity (Wildman–Crippen MR) is 143 cm³/mol. The number of nitrogens with zero attached hydrogens (tertiary/aromatic N) is 3. The van der Waals surface area contributed by atoms with Crippen molar-refractivity contribution in [3.8, 4) is 11.3 Å². The van der Waals surface area contributed by atoms with E-state index in [9.17, 15) is 9.59 Å². The standard InChI is InChI=1S/C25H23Cl2N5O2S/c1-15(33)28-11-12-32-24-21(30-23(25(32)34)17-4-6-18(35-2)7-5-17)9-10-22(31-24)29-14-16-3-8-19(26)20(27)13-16/h3-10,13H,11-12,14H2,1-2H3,(H,28,33)(H,29,31).